The highest BCUT2D eigenvalue weighted by Crippen LogP contribution is 2.34. The zero-order valence-corrected chi connectivity index (χ0v) is 12.6. The van der Waals surface area contributed by atoms with Crippen molar-refractivity contribution < 1.29 is 0 Å². The normalized spacial score (nSPS) is 8.95. The summed E-state index contributed by atoms with van der Waals surface area (Å²) in [6.45, 7) is 5.47. The second-order valence-corrected chi connectivity index (χ2v) is 4.43. The Kier molecular flexibility index (Phi) is 6.08. The first kappa shape index (κ1) is 16.4. The van der Waals surface area contributed by atoms with Crippen molar-refractivity contribution in [2.75, 3.05) is 23.3 Å². The number of rotatable bonds is 5. The van der Waals surface area contributed by atoms with Crippen molar-refractivity contribution in [3.63, 3.8) is 0 Å². The van der Waals surface area contributed by atoms with Gasteiger partial charge in [-0.05, 0) is 26.0 Å². The third-order valence-corrected chi connectivity index (χ3v) is 3.22. The molecule has 106 valence electrons. The largest absolute Gasteiger partial charge is 0.369 e. The average Bonchev–Trinajstić information content (AvgIpc) is 2.50. The smallest absolute Gasteiger partial charge is 0.163 e. The lowest BCUT2D eigenvalue weighted by Crippen LogP contribution is -2.23. The zero-order valence-electron chi connectivity index (χ0n) is 11.8. The van der Waals surface area contributed by atoms with Crippen LogP contribution in [0.25, 0.3) is 0 Å². The Morgan fingerprint density at radius 3 is 2.24 bits per heavy atom. The van der Waals surface area contributed by atoms with Gasteiger partial charge >= 0.3 is 0 Å². The predicted molar refractivity (Wildman–Crippen MR) is 82.5 cm³/mol. The van der Waals surface area contributed by atoms with Crippen molar-refractivity contribution in [1.82, 2.24) is 0 Å². The molecule has 5 nitrogen and oxygen atoms in total. The molecule has 0 aromatic heterocycles. The fourth-order valence-electron chi connectivity index (χ4n) is 1.90. The van der Waals surface area contributed by atoms with E-state index in [1.165, 1.54) is 0 Å². The van der Waals surface area contributed by atoms with Gasteiger partial charge in [-0.25, -0.2) is 0 Å². The van der Waals surface area contributed by atoms with Gasteiger partial charge in [-0.3, -0.25) is 0 Å². The van der Waals surface area contributed by atoms with Crippen molar-refractivity contribution in [2.24, 2.45) is 0 Å². The summed E-state index contributed by atoms with van der Waals surface area (Å²) in [5.41, 5.74) is 0.983. The van der Waals surface area contributed by atoms with Gasteiger partial charge < -0.3 is 10.2 Å². The van der Waals surface area contributed by atoms with Crippen molar-refractivity contribution in [1.29, 1.82) is 15.8 Å². The van der Waals surface area contributed by atoms with E-state index in [0.29, 0.717) is 10.7 Å². The molecule has 0 amide bonds. The van der Waals surface area contributed by atoms with Gasteiger partial charge in [-0.1, -0.05) is 17.7 Å². The molecular weight excluding hydrogens is 286 g/mol. The quantitative estimate of drug-likeness (QED) is 0.842. The van der Waals surface area contributed by atoms with E-state index in [1.807, 2.05) is 24.8 Å². The Bertz CT molecular complexity index is 653. The Labute approximate surface area is 129 Å². The van der Waals surface area contributed by atoms with E-state index in [0.717, 1.165) is 18.8 Å². The summed E-state index contributed by atoms with van der Waals surface area (Å²) in [4.78, 5) is 2.03. The number of benzene rings is 1. The molecule has 0 saturated heterocycles. The molecule has 0 radical (unpaired) electrons. The van der Waals surface area contributed by atoms with Gasteiger partial charge in [0, 0.05) is 13.1 Å². The Morgan fingerprint density at radius 2 is 1.76 bits per heavy atom. The van der Waals surface area contributed by atoms with E-state index in [4.69, 9.17) is 27.4 Å². The molecule has 6 heteroatoms. The molecule has 0 atom stereocenters. The van der Waals surface area contributed by atoms with Crippen LogP contribution < -0.4 is 10.2 Å². The Morgan fingerprint density at radius 1 is 1.14 bits per heavy atom. The van der Waals surface area contributed by atoms with Crippen LogP contribution in [0.3, 0.4) is 0 Å². The first-order chi connectivity index (χ1) is 10.1. The lowest BCUT2D eigenvalue weighted by molar-refractivity contribution is 0.867. The van der Waals surface area contributed by atoms with Crippen LogP contribution in [0, 0.1) is 34.0 Å². The van der Waals surface area contributed by atoms with E-state index >= 15 is 0 Å². The zero-order chi connectivity index (χ0) is 15.8. The first-order valence-corrected chi connectivity index (χ1v) is 6.75. The second-order valence-electron chi connectivity index (χ2n) is 4.02. The monoisotopic (exact) mass is 299 g/mol. The Balaban J connectivity index is 3.37. The van der Waals surface area contributed by atoms with E-state index in [2.05, 4.69) is 5.32 Å². The third-order valence-electron chi connectivity index (χ3n) is 2.91. The molecule has 0 aliphatic carbocycles. The van der Waals surface area contributed by atoms with Gasteiger partial charge in [0.05, 0.1) is 16.4 Å². The molecule has 0 bridgehead atoms. The van der Waals surface area contributed by atoms with E-state index in [1.54, 1.807) is 30.3 Å². The van der Waals surface area contributed by atoms with Crippen LogP contribution in [-0.2, 0) is 0 Å². The van der Waals surface area contributed by atoms with Crippen LogP contribution in [0.1, 0.15) is 13.8 Å². The number of nitriles is 3. The molecule has 1 aromatic carbocycles. The van der Waals surface area contributed by atoms with Gasteiger partial charge in [0.1, 0.15) is 23.9 Å². The SMILES string of the molecule is CCN(CC)c1c(Cl)cccc1NC(C#N)=C(C#N)C#N. The number of nitrogens with zero attached hydrogens (tertiary/aromatic N) is 4. The Hall–Kier alpha value is -2.68. The molecule has 1 rings (SSSR count). The minimum atomic E-state index is -0.261. The number of halogens is 1. The number of para-hydroxylation sites is 1. The first-order valence-electron chi connectivity index (χ1n) is 6.37. The van der Waals surface area contributed by atoms with Gasteiger partial charge in [0.2, 0.25) is 0 Å². The molecular formula is C15H14ClN5. The van der Waals surface area contributed by atoms with Crippen molar-refractivity contribution in [3.05, 3.63) is 34.5 Å². The average molecular weight is 300 g/mol. The van der Waals surface area contributed by atoms with Crippen LogP contribution in [0.15, 0.2) is 29.5 Å². The van der Waals surface area contributed by atoms with Crippen LogP contribution in [-0.4, -0.2) is 13.1 Å². The molecule has 0 unspecified atom stereocenters. The van der Waals surface area contributed by atoms with Crippen molar-refractivity contribution in [3.8, 4) is 18.2 Å². The van der Waals surface area contributed by atoms with Crippen LogP contribution >= 0.6 is 11.6 Å². The maximum atomic E-state index is 9.11. The van der Waals surface area contributed by atoms with E-state index in [-0.39, 0.29) is 11.3 Å². The summed E-state index contributed by atoms with van der Waals surface area (Å²) in [5, 5.41) is 30.2. The van der Waals surface area contributed by atoms with Gasteiger partial charge in [0.15, 0.2) is 5.57 Å². The van der Waals surface area contributed by atoms with Gasteiger partial charge in [0.25, 0.3) is 0 Å². The predicted octanol–water partition coefficient (Wildman–Crippen LogP) is 3.42. The standard InChI is InChI=1S/C15H14ClN5/c1-3-21(4-2)15-12(16)6-5-7-13(15)20-14(10-19)11(8-17)9-18/h5-7,20H,3-4H2,1-2H3. The summed E-state index contributed by atoms with van der Waals surface area (Å²) >= 11 is 6.24. The summed E-state index contributed by atoms with van der Waals surface area (Å²) in [7, 11) is 0. The number of nitrogens with one attached hydrogen (secondary N) is 1. The van der Waals surface area contributed by atoms with Crippen molar-refractivity contribution >= 4 is 23.0 Å². The number of anilines is 2. The number of hydrogen-bond acceptors (Lipinski definition) is 5. The highest BCUT2D eigenvalue weighted by atomic mass is 35.5. The molecule has 0 spiro atoms. The van der Waals surface area contributed by atoms with E-state index < -0.39 is 0 Å². The van der Waals surface area contributed by atoms with Crippen LogP contribution in [0.2, 0.25) is 5.02 Å². The van der Waals surface area contributed by atoms with Gasteiger partial charge in [-0.15, -0.1) is 0 Å². The van der Waals surface area contributed by atoms with Crippen LogP contribution in [0.4, 0.5) is 11.4 Å². The molecule has 0 aliphatic heterocycles. The molecule has 1 aromatic rings. The van der Waals surface area contributed by atoms with Gasteiger partial charge in [-0.2, -0.15) is 15.8 Å². The lowest BCUT2D eigenvalue weighted by Gasteiger charge is -2.25. The molecule has 1 N–H and O–H groups in total. The third kappa shape index (κ3) is 3.66. The highest BCUT2D eigenvalue weighted by Gasteiger charge is 2.15. The van der Waals surface area contributed by atoms with Crippen LogP contribution in [0.5, 0.6) is 0 Å². The van der Waals surface area contributed by atoms with E-state index in [9.17, 15) is 0 Å². The fourth-order valence-corrected chi connectivity index (χ4v) is 2.19. The topological polar surface area (TPSA) is 86.6 Å². The highest BCUT2D eigenvalue weighted by molar-refractivity contribution is 6.34. The molecule has 0 fully saturated rings. The molecule has 21 heavy (non-hydrogen) atoms. The maximum absolute atomic E-state index is 9.11. The minimum Gasteiger partial charge on any atom is -0.369 e. The summed E-state index contributed by atoms with van der Waals surface area (Å²) in [5.74, 6) is 0. The fraction of sp³-hybridized carbons (Fsp3) is 0.267. The molecule has 0 aliphatic rings. The lowest BCUT2D eigenvalue weighted by atomic mass is 10.2. The number of hydrogen-bond donors (Lipinski definition) is 1. The maximum Gasteiger partial charge on any atom is 0.163 e. The second kappa shape index (κ2) is 7.80. The number of allylic oxidation sites excluding steroid dienone is 2. The van der Waals surface area contributed by atoms with Crippen molar-refractivity contribution in [2.45, 2.75) is 13.8 Å². The minimum absolute atomic E-state index is 0.0873. The molecule has 0 saturated carbocycles. The molecule has 0 heterocycles. The summed E-state index contributed by atoms with van der Waals surface area (Å²) < 4.78 is 0. The summed E-state index contributed by atoms with van der Waals surface area (Å²) in [6.07, 6.45) is 0. The summed E-state index contributed by atoms with van der Waals surface area (Å²) in [6, 6.07) is 10.5.